The zero-order valence-electron chi connectivity index (χ0n) is 11.0. The minimum Gasteiger partial charge on any atom is -0.386 e. The molecule has 19 heavy (non-hydrogen) atoms. The van der Waals surface area contributed by atoms with E-state index in [1.54, 1.807) is 24.6 Å². The molecular weight excluding hydrogens is 255 g/mol. The Hall–Kier alpha value is -1.49. The van der Waals surface area contributed by atoms with Gasteiger partial charge in [-0.25, -0.2) is 0 Å². The molecule has 0 unspecified atom stereocenters. The van der Waals surface area contributed by atoms with Crippen molar-refractivity contribution in [3.63, 3.8) is 0 Å². The molecule has 2 rings (SSSR count). The highest BCUT2D eigenvalue weighted by atomic mass is 19.4. The zero-order chi connectivity index (χ0) is 14.4. The Morgan fingerprint density at radius 3 is 2.32 bits per heavy atom. The second-order valence-corrected chi connectivity index (χ2v) is 5.12. The third kappa shape index (κ3) is 2.47. The summed E-state index contributed by atoms with van der Waals surface area (Å²) < 4.78 is 39.9. The van der Waals surface area contributed by atoms with Gasteiger partial charge in [0.25, 0.3) is 0 Å². The molecule has 1 aromatic carbocycles. The van der Waals surface area contributed by atoms with E-state index in [4.69, 9.17) is 0 Å². The van der Waals surface area contributed by atoms with Crippen LogP contribution in [0.25, 0.3) is 10.9 Å². The minimum absolute atomic E-state index is 0.495. The number of aromatic nitrogens is 1. The molecule has 0 saturated carbocycles. The molecule has 2 aromatic rings. The van der Waals surface area contributed by atoms with Crippen molar-refractivity contribution in [2.24, 2.45) is 0 Å². The SMILES string of the molecule is CCn1cc(C(C)(C)O)c2ccc(C(F)(F)F)cc21. The van der Waals surface area contributed by atoms with Crippen molar-refractivity contribution in [1.29, 1.82) is 0 Å². The smallest absolute Gasteiger partial charge is 0.386 e. The van der Waals surface area contributed by atoms with Gasteiger partial charge in [0.05, 0.1) is 11.2 Å². The first-order valence-electron chi connectivity index (χ1n) is 6.07. The number of benzene rings is 1. The van der Waals surface area contributed by atoms with E-state index in [2.05, 4.69) is 0 Å². The molecule has 0 saturated heterocycles. The van der Waals surface area contributed by atoms with Crippen LogP contribution in [0.1, 0.15) is 31.9 Å². The average molecular weight is 271 g/mol. The summed E-state index contributed by atoms with van der Waals surface area (Å²) in [6.45, 7) is 5.65. The van der Waals surface area contributed by atoms with E-state index in [0.717, 1.165) is 12.1 Å². The van der Waals surface area contributed by atoms with Crippen molar-refractivity contribution in [2.45, 2.75) is 39.1 Å². The minimum atomic E-state index is -4.36. The van der Waals surface area contributed by atoms with E-state index in [0.29, 0.717) is 23.0 Å². The third-order valence-corrected chi connectivity index (χ3v) is 3.21. The van der Waals surface area contributed by atoms with Crippen LogP contribution in [0.3, 0.4) is 0 Å². The standard InChI is InChI=1S/C14H16F3NO/c1-4-18-8-11(13(2,3)19)10-6-5-9(7-12(10)18)14(15,16)17/h5-8,19H,4H2,1-3H3. The fourth-order valence-electron chi connectivity index (χ4n) is 2.22. The summed E-state index contributed by atoms with van der Waals surface area (Å²) in [4.78, 5) is 0. The van der Waals surface area contributed by atoms with Crippen LogP contribution >= 0.6 is 0 Å². The summed E-state index contributed by atoms with van der Waals surface area (Å²) in [5.74, 6) is 0. The van der Waals surface area contributed by atoms with Crippen LogP contribution in [0.2, 0.25) is 0 Å². The van der Waals surface area contributed by atoms with Crippen LogP contribution in [0.5, 0.6) is 0 Å². The Morgan fingerprint density at radius 1 is 1.21 bits per heavy atom. The highest BCUT2D eigenvalue weighted by Crippen LogP contribution is 2.35. The molecule has 0 aliphatic heterocycles. The molecule has 5 heteroatoms. The highest BCUT2D eigenvalue weighted by molar-refractivity contribution is 5.85. The number of alkyl halides is 3. The zero-order valence-corrected chi connectivity index (χ0v) is 11.0. The predicted molar refractivity (Wildman–Crippen MR) is 67.9 cm³/mol. The summed E-state index contributed by atoms with van der Waals surface area (Å²) in [6, 6.07) is 3.61. The van der Waals surface area contributed by atoms with Crippen molar-refractivity contribution in [1.82, 2.24) is 4.57 Å². The average Bonchev–Trinajstić information content (AvgIpc) is 2.65. The molecule has 0 aliphatic rings. The van der Waals surface area contributed by atoms with Crippen molar-refractivity contribution >= 4 is 10.9 Å². The van der Waals surface area contributed by atoms with Gasteiger partial charge in [0.2, 0.25) is 0 Å². The van der Waals surface area contributed by atoms with Crippen molar-refractivity contribution in [3.05, 3.63) is 35.5 Å². The maximum Gasteiger partial charge on any atom is 0.416 e. The van der Waals surface area contributed by atoms with E-state index in [1.807, 2.05) is 6.92 Å². The van der Waals surface area contributed by atoms with Gasteiger partial charge in [-0.1, -0.05) is 6.07 Å². The molecule has 1 aromatic heterocycles. The topological polar surface area (TPSA) is 25.2 Å². The lowest BCUT2D eigenvalue weighted by molar-refractivity contribution is -0.137. The van der Waals surface area contributed by atoms with Gasteiger partial charge in [-0.3, -0.25) is 0 Å². The summed E-state index contributed by atoms with van der Waals surface area (Å²) in [7, 11) is 0. The number of halogens is 3. The van der Waals surface area contributed by atoms with Crippen LogP contribution in [0, 0.1) is 0 Å². The normalized spacial score (nSPS) is 13.2. The lowest BCUT2D eigenvalue weighted by Crippen LogP contribution is -2.14. The Morgan fingerprint density at radius 2 is 1.84 bits per heavy atom. The lowest BCUT2D eigenvalue weighted by Gasteiger charge is -2.16. The summed E-state index contributed by atoms with van der Waals surface area (Å²) in [6.07, 6.45) is -2.64. The van der Waals surface area contributed by atoms with E-state index in [1.165, 1.54) is 6.07 Å². The van der Waals surface area contributed by atoms with Crippen LogP contribution < -0.4 is 0 Å². The number of fused-ring (bicyclic) bond motifs is 1. The van der Waals surface area contributed by atoms with Gasteiger partial charge >= 0.3 is 6.18 Å². The van der Waals surface area contributed by atoms with Gasteiger partial charge < -0.3 is 9.67 Å². The number of aryl methyl sites for hydroxylation is 1. The van der Waals surface area contributed by atoms with Gasteiger partial charge in [0.15, 0.2) is 0 Å². The van der Waals surface area contributed by atoms with Crippen LogP contribution in [0.15, 0.2) is 24.4 Å². The maximum absolute atomic E-state index is 12.7. The monoisotopic (exact) mass is 271 g/mol. The van der Waals surface area contributed by atoms with E-state index in [9.17, 15) is 18.3 Å². The predicted octanol–water partition coefficient (Wildman–Crippen LogP) is 3.91. The number of aliphatic hydroxyl groups is 1. The van der Waals surface area contributed by atoms with E-state index < -0.39 is 17.3 Å². The van der Waals surface area contributed by atoms with E-state index >= 15 is 0 Å². The molecule has 1 N–H and O–H groups in total. The molecule has 0 fully saturated rings. The summed E-state index contributed by atoms with van der Waals surface area (Å²) in [5, 5.41) is 10.7. The second-order valence-electron chi connectivity index (χ2n) is 5.12. The molecule has 0 amide bonds. The molecule has 1 heterocycles. The van der Waals surface area contributed by atoms with E-state index in [-0.39, 0.29) is 0 Å². The fraction of sp³-hybridized carbons (Fsp3) is 0.429. The molecule has 0 spiro atoms. The quantitative estimate of drug-likeness (QED) is 0.880. The molecule has 0 bridgehead atoms. The maximum atomic E-state index is 12.7. The number of rotatable bonds is 2. The van der Waals surface area contributed by atoms with Gasteiger partial charge in [0.1, 0.15) is 0 Å². The Kier molecular flexibility index (Phi) is 3.13. The molecule has 0 radical (unpaired) electrons. The van der Waals surface area contributed by atoms with Gasteiger partial charge in [0, 0.05) is 29.2 Å². The molecule has 0 atom stereocenters. The largest absolute Gasteiger partial charge is 0.416 e. The number of nitrogens with zero attached hydrogens (tertiary/aromatic N) is 1. The van der Waals surface area contributed by atoms with Crippen LogP contribution in [-0.4, -0.2) is 9.67 Å². The van der Waals surface area contributed by atoms with Crippen molar-refractivity contribution in [3.8, 4) is 0 Å². The molecular formula is C14H16F3NO. The fourth-order valence-corrected chi connectivity index (χ4v) is 2.22. The Balaban J connectivity index is 2.73. The van der Waals surface area contributed by atoms with Crippen molar-refractivity contribution in [2.75, 3.05) is 0 Å². The first-order valence-corrected chi connectivity index (χ1v) is 6.07. The second kappa shape index (κ2) is 4.27. The van der Waals surface area contributed by atoms with Gasteiger partial charge in [-0.15, -0.1) is 0 Å². The molecule has 0 aliphatic carbocycles. The third-order valence-electron chi connectivity index (χ3n) is 3.21. The number of hydrogen-bond donors (Lipinski definition) is 1. The first kappa shape index (κ1) is 13.9. The first-order chi connectivity index (χ1) is 8.64. The van der Waals surface area contributed by atoms with Gasteiger partial charge in [-0.05, 0) is 32.9 Å². The molecule has 2 nitrogen and oxygen atoms in total. The Bertz CT molecular complexity index is 605. The van der Waals surface area contributed by atoms with Crippen molar-refractivity contribution < 1.29 is 18.3 Å². The number of hydrogen-bond acceptors (Lipinski definition) is 1. The summed E-state index contributed by atoms with van der Waals surface area (Å²) >= 11 is 0. The molecule has 104 valence electrons. The van der Waals surface area contributed by atoms with Crippen LogP contribution in [-0.2, 0) is 18.3 Å². The highest BCUT2D eigenvalue weighted by Gasteiger charge is 2.31. The summed E-state index contributed by atoms with van der Waals surface area (Å²) in [5.41, 5.74) is -0.624. The Labute approximate surface area is 109 Å². The van der Waals surface area contributed by atoms with Gasteiger partial charge in [-0.2, -0.15) is 13.2 Å². The lowest BCUT2D eigenvalue weighted by atomic mass is 9.97. The van der Waals surface area contributed by atoms with Crippen LogP contribution in [0.4, 0.5) is 13.2 Å².